The van der Waals surface area contributed by atoms with E-state index < -0.39 is 6.10 Å². The van der Waals surface area contributed by atoms with Crippen molar-refractivity contribution < 1.29 is 14.6 Å². The molecule has 0 aliphatic carbocycles. The molecule has 0 bridgehead atoms. The number of aliphatic hydroxyl groups is 1. The van der Waals surface area contributed by atoms with E-state index in [-0.39, 0.29) is 11.9 Å². The molecule has 0 heterocycles. The molecule has 0 aliphatic heterocycles. The predicted molar refractivity (Wildman–Crippen MR) is 79.1 cm³/mol. The van der Waals surface area contributed by atoms with E-state index in [1.165, 1.54) is 4.90 Å². The Labute approximate surface area is 120 Å². The summed E-state index contributed by atoms with van der Waals surface area (Å²) < 4.78 is 5.32. The minimum atomic E-state index is -0.530. The third-order valence-corrected chi connectivity index (χ3v) is 3.11. The first-order valence-electron chi connectivity index (χ1n) is 6.75. The van der Waals surface area contributed by atoms with Crippen LogP contribution < -0.4 is 10.1 Å². The average Bonchev–Trinajstić information content (AvgIpc) is 2.43. The number of hydrogen-bond donors (Lipinski definition) is 2. The van der Waals surface area contributed by atoms with Gasteiger partial charge in [0.15, 0.2) is 0 Å². The second-order valence-corrected chi connectivity index (χ2v) is 5.06. The Morgan fingerprint density at radius 2 is 2.05 bits per heavy atom. The standard InChI is InChI=1S/C15H24N2O3/c1-11(13-7-5-6-8-14(13)20-4)9-16-15(19)17(3)10-12(2)18/h5-8,11-12,18H,9-10H2,1-4H3,(H,16,19). The zero-order valence-corrected chi connectivity index (χ0v) is 12.6. The second-order valence-electron chi connectivity index (χ2n) is 5.06. The molecule has 5 heteroatoms. The second kappa shape index (κ2) is 7.75. The van der Waals surface area contributed by atoms with Crippen LogP contribution >= 0.6 is 0 Å². The topological polar surface area (TPSA) is 61.8 Å². The van der Waals surface area contributed by atoms with Crippen molar-refractivity contribution in [3.8, 4) is 5.75 Å². The number of ether oxygens (including phenoxy) is 1. The zero-order chi connectivity index (χ0) is 15.1. The molecule has 0 saturated carbocycles. The van der Waals surface area contributed by atoms with Crippen LogP contribution in [0.4, 0.5) is 4.79 Å². The molecule has 0 radical (unpaired) electrons. The first kappa shape index (κ1) is 16.3. The van der Waals surface area contributed by atoms with Crippen LogP contribution in [0.5, 0.6) is 5.75 Å². The summed E-state index contributed by atoms with van der Waals surface area (Å²) in [5, 5.41) is 12.1. The quantitative estimate of drug-likeness (QED) is 0.835. The van der Waals surface area contributed by atoms with Crippen molar-refractivity contribution >= 4 is 6.03 Å². The third kappa shape index (κ3) is 4.74. The van der Waals surface area contributed by atoms with Crippen LogP contribution in [0.1, 0.15) is 25.3 Å². The molecule has 1 aromatic carbocycles. The number of hydrogen-bond acceptors (Lipinski definition) is 3. The summed E-state index contributed by atoms with van der Waals surface area (Å²) >= 11 is 0. The lowest BCUT2D eigenvalue weighted by atomic mass is 10.0. The summed E-state index contributed by atoms with van der Waals surface area (Å²) in [7, 11) is 3.30. The van der Waals surface area contributed by atoms with Crippen molar-refractivity contribution in [2.24, 2.45) is 0 Å². The Morgan fingerprint density at radius 1 is 1.40 bits per heavy atom. The number of likely N-dealkylation sites (N-methyl/N-ethyl adjacent to an activating group) is 1. The molecule has 0 aliphatic rings. The first-order chi connectivity index (χ1) is 9.45. The molecular formula is C15H24N2O3. The van der Waals surface area contributed by atoms with Gasteiger partial charge in [-0.3, -0.25) is 0 Å². The molecule has 1 rings (SSSR count). The normalized spacial score (nSPS) is 13.4. The van der Waals surface area contributed by atoms with E-state index in [1.54, 1.807) is 21.1 Å². The molecule has 0 aromatic heterocycles. The minimum Gasteiger partial charge on any atom is -0.496 e. The fourth-order valence-corrected chi connectivity index (χ4v) is 2.04. The van der Waals surface area contributed by atoms with Crippen LogP contribution in [0.2, 0.25) is 0 Å². The van der Waals surface area contributed by atoms with E-state index in [0.717, 1.165) is 11.3 Å². The van der Waals surface area contributed by atoms with Crippen molar-refractivity contribution in [2.75, 3.05) is 27.2 Å². The Morgan fingerprint density at radius 3 is 2.65 bits per heavy atom. The highest BCUT2D eigenvalue weighted by Gasteiger charge is 2.14. The summed E-state index contributed by atoms with van der Waals surface area (Å²) in [4.78, 5) is 13.3. The number of urea groups is 1. The Balaban J connectivity index is 2.54. The number of rotatable bonds is 6. The summed E-state index contributed by atoms with van der Waals surface area (Å²) in [6.07, 6.45) is -0.530. The van der Waals surface area contributed by atoms with Crippen LogP contribution in [0, 0.1) is 0 Å². The van der Waals surface area contributed by atoms with Crippen molar-refractivity contribution in [1.82, 2.24) is 10.2 Å². The number of amides is 2. The van der Waals surface area contributed by atoms with Gasteiger partial charge in [0.2, 0.25) is 0 Å². The molecule has 1 aromatic rings. The maximum Gasteiger partial charge on any atom is 0.317 e. The number of methoxy groups -OCH3 is 1. The number of para-hydroxylation sites is 1. The molecule has 0 fully saturated rings. The molecule has 20 heavy (non-hydrogen) atoms. The molecule has 5 nitrogen and oxygen atoms in total. The summed E-state index contributed by atoms with van der Waals surface area (Å²) in [6, 6.07) is 7.59. The smallest absolute Gasteiger partial charge is 0.317 e. The van der Waals surface area contributed by atoms with E-state index in [2.05, 4.69) is 5.32 Å². The molecule has 0 spiro atoms. The highest BCUT2D eigenvalue weighted by molar-refractivity contribution is 5.73. The van der Waals surface area contributed by atoms with Gasteiger partial charge in [0.05, 0.1) is 13.2 Å². The lowest BCUT2D eigenvalue weighted by molar-refractivity contribution is 0.144. The SMILES string of the molecule is COc1ccccc1C(C)CNC(=O)N(C)CC(C)O. The summed E-state index contributed by atoms with van der Waals surface area (Å²) in [5.41, 5.74) is 1.06. The van der Waals surface area contributed by atoms with Gasteiger partial charge >= 0.3 is 6.03 Å². The van der Waals surface area contributed by atoms with Crippen molar-refractivity contribution in [3.63, 3.8) is 0 Å². The fraction of sp³-hybridized carbons (Fsp3) is 0.533. The Bertz CT molecular complexity index is 435. The van der Waals surface area contributed by atoms with Gasteiger partial charge in [-0.15, -0.1) is 0 Å². The molecule has 2 amide bonds. The van der Waals surface area contributed by atoms with Crippen molar-refractivity contribution in [3.05, 3.63) is 29.8 Å². The van der Waals surface area contributed by atoms with Gasteiger partial charge < -0.3 is 20.1 Å². The monoisotopic (exact) mass is 280 g/mol. The van der Waals surface area contributed by atoms with Gasteiger partial charge in [-0.2, -0.15) is 0 Å². The molecular weight excluding hydrogens is 256 g/mol. The van der Waals surface area contributed by atoms with E-state index in [9.17, 15) is 9.90 Å². The predicted octanol–water partition coefficient (Wildman–Crippen LogP) is 1.82. The van der Waals surface area contributed by atoms with Gasteiger partial charge in [-0.1, -0.05) is 25.1 Å². The van der Waals surface area contributed by atoms with E-state index >= 15 is 0 Å². The Kier molecular flexibility index (Phi) is 6.31. The first-order valence-corrected chi connectivity index (χ1v) is 6.75. The number of benzene rings is 1. The van der Waals surface area contributed by atoms with E-state index in [1.807, 2.05) is 31.2 Å². The van der Waals surface area contributed by atoms with E-state index in [4.69, 9.17) is 4.74 Å². The zero-order valence-electron chi connectivity index (χ0n) is 12.6. The molecule has 2 unspecified atom stereocenters. The summed E-state index contributed by atoms with van der Waals surface area (Å²) in [5.74, 6) is 0.974. The van der Waals surface area contributed by atoms with Crippen LogP contribution in [-0.2, 0) is 0 Å². The number of nitrogens with one attached hydrogen (secondary N) is 1. The van der Waals surface area contributed by atoms with Gasteiger partial charge in [0.1, 0.15) is 5.75 Å². The number of carbonyl (C=O) groups is 1. The lowest BCUT2D eigenvalue weighted by Gasteiger charge is -2.21. The molecule has 2 atom stereocenters. The summed E-state index contributed by atoms with van der Waals surface area (Å²) in [6.45, 7) is 4.52. The van der Waals surface area contributed by atoms with Crippen LogP contribution in [0.3, 0.4) is 0 Å². The van der Waals surface area contributed by atoms with Gasteiger partial charge in [-0.25, -0.2) is 4.79 Å². The minimum absolute atomic E-state index is 0.148. The van der Waals surface area contributed by atoms with Crippen LogP contribution in [0.25, 0.3) is 0 Å². The maximum atomic E-state index is 11.8. The maximum absolute atomic E-state index is 11.8. The Hall–Kier alpha value is -1.75. The van der Waals surface area contributed by atoms with Gasteiger partial charge in [-0.05, 0) is 18.6 Å². The molecule has 112 valence electrons. The highest BCUT2D eigenvalue weighted by atomic mass is 16.5. The lowest BCUT2D eigenvalue weighted by Crippen LogP contribution is -2.41. The van der Waals surface area contributed by atoms with Gasteiger partial charge in [0.25, 0.3) is 0 Å². The van der Waals surface area contributed by atoms with E-state index in [0.29, 0.717) is 13.1 Å². The number of nitrogens with zero attached hydrogens (tertiary/aromatic N) is 1. The average molecular weight is 280 g/mol. The number of carbonyl (C=O) groups excluding carboxylic acids is 1. The van der Waals surface area contributed by atoms with Crippen molar-refractivity contribution in [2.45, 2.75) is 25.9 Å². The number of aliphatic hydroxyl groups excluding tert-OH is 1. The third-order valence-electron chi connectivity index (χ3n) is 3.11. The molecule has 0 saturated heterocycles. The van der Waals surface area contributed by atoms with Crippen molar-refractivity contribution in [1.29, 1.82) is 0 Å². The fourth-order valence-electron chi connectivity index (χ4n) is 2.04. The molecule has 2 N–H and O–H groups in total. The van der Waals surface area contributed by atoms with Crippen LogP contribution in [-0.4, -0.2) is 49.4 Å². The van der Waals surface area contributed by atoms with Gasteiger partial charge in [0, 0.05) is 26.1 Å². The highest BCUT2D eigenvalue weighted by Crippen LogP contribution is 2.25. The van der Waals surface area contributed by atoms with Crippen LogP contribution in [0.15, 0.2) is 24.3 Å². The largest absolute Gasteiger partial charge is 0.496 e.